The molecule has 5 heteroatoms. The number of carbonyl (C=O) groups excluding carboxylic acids is 2. The molecule has 1 N–H and O–H groups in total. The molecular weight excluding hydrogens is 268 g/mol. The van der Waals surface area contributed by atoms with E-state index in [1.54, 1.807) is 6.08 Å². The van der Waals surface area contributed by atoms with Crippen LogP contribution in [0.2, 0.25) is 0 Å². The SMILES string of the molecule is CC/C=C\C[C@H]1C(=O)C(Cl)=C[C@H]1CC(=O)OCCO. The molecule has 1 rings (SSSR count). The molecule has 0 heterocycles. The van der Waals surface area contributed by atoms with Gasteiger partial charge in [0.15, 0.2) is 5.78 Å². The number of ketones is 1. The normalized spacial score (nSPS) is 22.9. The molecule has 0 aromatic rings. The molecule has 1 aliphatic carbocycles. The zero-order valence-electron chi connectivity index (χ0n) is 11.0. The summed E-state index contributed by atoms with van der Waals surface area (Å²) in [5, 5.41) is 8.79. The van der Waals surface area contributed by atoms with Gasteiger partial charge in [-0.15, -0.1) is 0 Å². The molecule has 0 spiro atoms. The highest BCUT2D eigenvalue weighted by Gasteiger charge is 2.35. The van der Waals surface area contributed by atoms with Gasteiger partial charge < -0.3 is 9.84 Å². The van der Waals surface area contributed by atoms with Crippen molar-refractivity contribution in [1.82, 2.24) is 0 Å². The average Bonchev–Trinajstić information content (AvgIpc) is 2.64. The maximum absolute atomic E-state index is 11.9. The first kappa shape index (κ1) is 15.9. The van der Waals surface area contributed by atoms with Crippen LogP contribution >= 0.6 is 11.6 Å². The second kappa shape index (κ2) is 8.12. The molecule has 0 amide bonds. The zero-order valence-corrected chi connectivity index (χ0v) is 11.7. The Hall–Kier alpha value is -1.13. The van der Waals surface area contributed by atoms with Crippen LogP contribution in [0.1, 0.15) is 26.2 Å². The minimum absolute atomic E-state index is 0.0165. The van der Waals surface area contributed by atoms with Gasteiger partial charge in [0.25, 0.3) is 0 Å². The second-order valence-corrected chi connectivity index (χ2v) is 4.82. The van der Waals surface area contributed by atoms with Crippen molar-refractivity contribution >= 4 is 23.4 Å². The van der Waals surface area contributed by atoms with Crippen molar-refractivity contribution < 1.29 is 19.4 Å². The summed E-state index contributed by atoms with van der Waals surface area (Å²) in [6.07, 6.45) is 7.17. The second-order valence-electron chi connectivity index (χ2n) is 4.41. The fourth-order valence-electron chi connectivity index (χ4n) is 2.06. The number of hydrogen-bond acceptors (Lipinski definition) is 4. The Labute approximate surface area is 118 Å². The van der Waals surface area contributed by atoms with Crippen LogP contribution in [0.15, 0.2) is 23.3 Å². The van der Waals surface area contributed by atoms with Gasteiger partial charge in [0.1, 0.15) is 6.61 Å². The average molecular weight is 287 g/mol. The highest BCUT2D eigenvalue weighted by molar-refractivity contribution is 6.43. The Morgan fingerprint density at radius 3 is 2.89 bits per heavy atom. The summed E-state index contributed by atoms with van der Waals surface area (Å²) in [5.41, 5.74) is 0. The standard InChI is InChI=1S/C14H19ClO4/c1-2-3-4-5-11-10(8-12(15)14(11)18)9-13(17)19-7-6-16/h3-4,8,10-11,16H,2,5-7,9H2,1H3/b4-3-/t10-,11+/m0/s1. The minimum Gasteiger partial charge on any atom is -0.463 e. The third-order valence-electron chi connectivity index (χ3n) is 3.00. The predicted molar refractivity (Wildman–Crippen MR) is 72.6 cm³/mol. The number of allylic oxidation sites excluding steroid dienone is 4. The molecule has 2 atom stereocenters. The molecule has 0 saturated heterocycles. The number of aliphatic hydroxyl groups is 1. The molecule has 0 fully saturated rings. The summed E-state index contributed by atoms with van der Waals surface area (Å²) in [7, 11) is 0. The highest BCUT2D eigenvalue weighted by atomic mass is 35.5. The largest absolute Gasteiger partial charge is 0.463 e. The monoisotopic (exact) mass is 286 g/mol. The Kier molecular flexibility index (Phi) is 6.81. The lowest BCUT2D eigenvalue weighted by atomic mass is 9.89. The number of hydrogen-bond donors (Lipinski definition) is 1. The Morgan fingerprint density at radius 1 is 1.53 bits per heavy atom. The van der Waals surface area contributed by atoms with Gasteiger partial charge in [-0.1, -0.05) is 36.8 Å². The topological polar surface area (TPSA) is 63.6 Å². The summed E-state index contributed by atoms with van der Waals surface area (Å²) in [4.78, 5) is 23.4. The van der Waals surface area contributed by atoms with E-state index < -0.39 is 5.97 Å². The molecule has 0 radical (unpaired) electrons. The van der Waals surface area contributed by atoms with Crippen molar-refractivity contribution in [1.29, 1.82) is 0 Å². The first-order chi connectivity index (χ1) is 9.10. The fourth-order valence-corrected chi connectivity index (χ4v) is 2.36. The molecule has 4 nitrogen and oxygen atoms in total. The van der Waals surface area contributed by atoms with Crippen molar-refractivity contribution in [3.05, 3.63) is 23.3 Å². The molecule has 0 saturated carbocycles. The van der Waals surface area contributed by atoms with E-state index in [0.29, 0.717) is 6.42 Å². The highest BCUT2D eigenvalue weighted by Crippen LogP contribution is 2.34. The van der Waals surface area contributed by atoms with Gasteiger partial charge in [-0.05, 0) is 18.8 Å². The molecular formula is C14H19ClO4. The van der Waals surface area contributed by atoms with E-state index >= 15 is 0 Å². The first-order valence-electron chi connectivity index (χ1n) is 6.43. The van der Waals surface area contributed by atoms with E-state index in [-0.39, 0.29) is 42.3 Å². The van der Waals surface area contributed by atoms with Crippen molar-refractivity contribution in [2.45, 2.75) is 26.2 Å². The first-order valence-corrected chi connectivity index (χ1v) is 6.81. The quantitative estimate of drug-likeness (QED) is 0.576. The zero-order chi connectivity index (χ0) is 14.3. The number of esters is 1. The van der Waals surface area contributed by atoms with E-state index in [2.05, 4.69) is 0 Å². The molecule has 19 heavy (non-hydrogen) atoms. The summed E-state index contributed by atoms with van der Waals surface area (Å²) >= 11 is 5.85. The van der Waals surface area contributed by atoms with Crippen LogP contribution in [0.5, 0.6) is 0 Å². The third-order valence-corrected chi connectivity index (χ3v) is 3.31. The summed E-state index contributed by atoms with van der Waals surface area (Å²) in [5.74, 6) is -1.02. The third kappa shape index (κ3) is 4.80. The lowest BCUT2D eigenvalue weighted by molar-refractivity contribution is -0.145. The maximum atomic E-state index is 11.9. The van der Waals surface area contributed by atoms with Gasteiger partial charge in [0.05, 0.1) is 18.1 Å². The smallest absolute Gasteiger partial charge is 0.306 e. The Bertz CT molecular complexity index is 387. The number of carbonyl (C=O) groups is 2. The van der Waals surface area contributed by atoms with Gasteiger partial charge in [0, 0.05) is 5.92 Å². The Morgan fingerprint density at radius 2 is 2.26 bits per heavy atom. The van der Waals surface area contributed by atoms with E-state index in [9.17, 15) is 9.59 Å². The van der Waals surface area contributed by atoms with E-state index in [0.717, 1.165) is 6.42 Å². The summed E-state index contributed by atoms with van der Waals surface area (Å²) < 4.78 is 4.81. The molecule has 106 valence electrons. The van der Waals surface area contributed by atoms with Crippen molar-refractivity contribution in [3.8, 4) is 0 Å². The lowest BCUT2D eigenvalue weighted by Gasteiger charge is -2.15. The number of Topliss-reactive ketones (excluding diaryl/α,β-unsaturated/α-hetero) is 1. The Balaban J connectivity index is 2.60. The van der Waals surface area contributed by atoms with Crippen LogP contribution in [0.3, 0.4) is 0 Å². The lowest BCUT2D eigenvalue weighted by Crippen LogP contribution is -2.20. The van der Waals surface area contributed by atoms with Crippen LogP contribution in [0.25, 0.3) is 0 Å². The predicted octanol–water partition coefficient (Wildman–Crippen LogP) is 2.21. The fraction of sp³-hybridized carbons (Fsp3) is 0.571. The van der Waals surface area contributed by atoms with Crippen LogP contribution in [-0.4, -0.2) is 30.1 Å². The van der Waals surface area contributed by atoms with Crippen molar-refractivity contribution in [2.75, 3.05) is 13.2 Å². The van der Waals surface area contributed by atoms with Crippen LogP contribution in [0, 0.1) is 11.8 Å². The van der Waals surface area contributed by atoms with Crippen LogP contribution < -0.4 is 0 Å². The van der Waals surface area contributed by atoms with E-state index in [4.69, 9.17) is 21.4 Å². The molecule has 0 bridgehead atoms. The maximum Gasteiger partial charge on any atom is 0.306 e. The minimum atomic E-state index is -0.418. The number of aliphatic hydroxyl groups excluding tert-OH is 1. The molecule has 0 unspecified atom stereocenters. The van der Waals surface area contributed by atoms with Gasteiger partial charge in [-0.2, -0.15) is 0 Å². The van der Waals surface area contributed by atoms with Crippen molar-refractivity contribution in [3.63, 3.8) is 0 Å². The summed E-state index contributed by atoms with van der Waals surface area (Å²) in [6.45, 7) is 1.80. The van der Waals surface area contributed by atoms with Gasteiger partial charge in [0.2, 0.25) is 0 Å². The van der Waals surface area contributed by atoms with Gasteiger partial charge >= 0.3 is 5.97 Å². The number of rotatable bonds is 7. The molecule has 0 aliphatic heterocycles. The van der Waals surface area contributed by atoms with E-state index in [1.807, 2.05) is 19.1 Å². The van der Waals surface area contributed by atoms with Gasteiger partial charge in [-0.3, -0.25) is 9.59 Å². The molecule has 1 aliphatic rings. The van der Waals surface area contributed by atoms with Crippen molar-refractivity contribution in [2.24, 2.45) is 11.8 Å². The van der Waals surface area contributed by atoms with Gasteiger partial charge in [-0.25, -0.2) is 0 Å². The number of halogens is 1. The van der Waals surface area contributed by atoms with E-state index in [1.165, 1.54) is 0 Å². The number of ether oxygens (including phenoxy) is 1. The van der Waals surface area contributed by atoms with Crippen LogP contribution in [-0.2, 0) is 14.3 Å². The van der Waals surface area contributed by atoms with Crippen LogP contribution in [0.4, 0.5) is 0 Å². The summed E-state index contributed by atoms with van der Waals surface area (Å²) in [6, 6.07) is 0. The molecule has 0 aromatic heterocycles. The molecule has 0 aromatic carbocycles.